The molecule has 1 heterocycles. The lowest BCUT2D eigenvalue weighted by Gasteiger charge is -2.05. The van der Waals surface area contributed by atoms with Gasteiger partial charge in [-0.05, 0) is 24.6 Å². The van der Waals surface area contributed by atoms with E-state index in [1.54, 1.807) is 31.2 Å². The van der Waals surface area contributed by atoms with Gasteiger partial charge >= 0.3 is 0 Å². The van der Waals surface area contributed by atoms with Crippen LogP contribution in [0.5, 0.6) is 0 Å². The minimum atomic E-state index is -3.46. The van der Waals surface area contributed by atoms with Gasteiger partial charge in [-0.1, -0.05) is 17.3 Å². The van der Waals surface area contributed by atoms with Crippen molar-refractivity contribution in [2.75, 3.05) is 5.73 Å². The van der Waals surface area contributed by atoms with E-state index >= 15 is 0 Å². The minimum absolute atomic E-state index is 0.0157. The van der Waals surface area contributed by atoms with E-state index in [1.807, 2.05) is 0 Å². The van der Waals surface area contributed by atoms with Crippen LogP contribution < -0.4 is 10.5 Å². The van der Waals surface area contributed by atoms with Crippen molar-refractivity contribution in [2.45, 2.75) is 19.2 Å². The maximum atomic E-state index is 11.8. The average Bonchev–Trinajstić information content (AvgIpc) is 2.76. The summed E-state index contributed by atoms with van der Waals surface area (Å²) in [6.45, 7) is 1.65. The lowest BCUT2D eigenvalue weighted by atomic mass is 10.2. The van der Waals surface area contributed by atoms with Crippen molar-refractivity contribution in [1.82, 2.24) is 14.9 Å². The van der Waals surface area contributed by atoms with Crippen LogP contribution in [0.25, 0.3) is 0 Å². The number of nitrogens with zero attached hydrogens (tertiary/aromatic N) is 2. The number of benzene rings is 1. The summed E-state index contributed by atoms with van der Waals surface area (Å²) in [6.07, 6.45) is 0. The zero-order valence-electron chi connectivity index (χ0n) is 10.3. The molecular weight excluding hydrogens is 268 g/mol. The standard InChI is InChI=1S/C11H14N4O3S/c1-8-14-11(18-15-8)6-13-19(16,17)7-9-2-4-10(12)5-3-9/h2-5,13H,6-7,12H2,1H3. The minimum Gasteiger partial charge on any atom is -0.399 e. The highest BCUT2D eigenvalue weighted by Crippen LogP contribution is 2.09. The molecule has 0 amide bonds. The summed E-state index contributed by atoms with van der Waals surface area (Å²) in [5.74, 6) is 0.576. The fraction of sp³-hybridized carbons (Fsp3) is 0.273. The molecule has 0 aliphatic heterocycles. The molecule has 2 aromatic rings. The number of sulfonamides is 1. The van der Waals surface area contributed by atoms with Gasteiger partial charge in [-0.15, -0.1) is 0 Å². The number of hydrogen-bond acceptors (Lipinski definition) is 6. The van der Waals surface area contributed by atoms with E-state index in [2.05, 4.69) is 14.9 Å². The van der Waals surface area contributed by atoms with Gasteiger partial charge in [-0.25, -0.2) is 13.1 Å². The fourth-order valence-corrected chi connectivity index (χ4v) is 2.54. The van der Waals surface area contributed by atoms with E-state index in [9.17, 15) is 8.42 Å². The summed E-state index contributed by atoms with van der Waals surface area (Å²) in [5, 5.41) is 3.58. The molecule has 0 saturated heterocycles. The van der Waals surface area contributed by atoms with E-state index in [0.29, 0.717) is 17.1 Å². The van der Waals surface area contributed by atoms with Crippen LogP contribution in [0, 0.1) is 6.92 Å². The number of nitrogen functional groups attached to an aromatic ring is 1. The van der Waals surface area contributed by atoms with Crippen LogP contribution in [0.4, 0.5) is 5.69 Å². The largest absolute Gasteiger partial charge is 0.399 e. The second-order valence-corrected chi connectivity index (χ2v) is 5.86. The quantitative estimate of drug-likeness (QED) is 0.776. The molecule has 0 bridgehead atoms. The molecule has 0 fully saturated rings. The Morgan fingerprint density at radius 3 is 2.58 bits per heavy atom. The summed E-state index contributed by atoms with van der Waals surface area (Å²) < 4.78 is 30.9. The molecule has 2 rings (SSSR count). The summed E-state index contributed by atoms with van der Waals surface area (Å²) in [5.41, 5.74) is 6.78. The van der Waals surface area contributed by atoms with Crippen molar-refractivity contribution in [3.63, 3.8) is 0 Å². The van der Waals surface area contributed by atoms with Gasteiger partial charge in [0.1, 0.15) is 0 Å². The number of rotatable bonds is 5. The highest BCUT2D eigenvalue weighted by atomic mass is 32.2. The number of anilines is 1. The van der Waals surface area contributed by atoms with Gasteiger partial charge in [0.05, 0.1) is 12.3 Å². The Hall–Kier alpha value is -1.93. The van der Waals surface area contributed by atoms with Gasteiger partial charge in [-0.2, -0.15) is 4.98 Å². The maximum Gasteiger partial charge on any atom is 0.241 e. The van der Waals surface area contributed by atoms with Crippen molar-refractivity contribution in [3.8, 4) is 0 Å². The first-order valence-electron chi connectivity index (χ1n) is 5.55. The average molecular weight is 282 g/mol. The third-order valence-electron chi connectivity index (χ3n) is 2.35. The van der Waals surface area contributed by atoms with Crippen molar-refractivity contribution < 1.29 is 12.9 Å². The van der Waals surface area contributed by atoms with E-state index < -0.39 is 10.0 Å². The van der Waals surface area contributed by atoms with Crippen LogP contribution in [0.1, 0.15) is 17.3 Å². The Kier molecular flexibility index (Phi) is 3.82. The van der Waals surface area contributed by atoms with Gasteiger partial charge in [0.15, 0.2) is 5.82 Å². The van der Waals surface area contributed by atoms with E-state index in [1.165, 1.54) is 0 Å². The third-order valence-corrected chi connectivity index (χ3v) is 3.65. The molecule has 0 aliphatic carbocycles. The SMILES string of the molecule is Cc1noc(CNS(=O)(=O)Cc2ccc(N)cc2)n1. The maximum absolute atomic E-state index is 11.8. The summed E-state index contributed by atoms with van der Waals surface area (Å²) in [7, 11) is -3.46. The first-order valence-corrected chi connectivity index (χ1v) is 7.21. The molecule has 102 valence electrons. The van der Waals surface area contributed by atoms with Gasteiger partial charge in [0, 0.05) is 5.69 Å². The Morgan fingerprint density at radius 2 is 2.00 bits per heavy atom. The summed E-state index contributed by atoms with van der Waals surface area (Å²) in [6, 6.07) is 6.66. The molecule has 1 aromatic heterocycles. The number of nitrogens with one attached hydrogen (secondary N) is 1. The Labute approximate surface area is 110 Å². The molecule has 3 N–H and O–H groups in total. The predicted octanol–water partition coefficient (Wildman–Crippen LogP) is 0.580. The monoisotopic (exact) mass is 282 g/mol. The van der Waals surface area contributed by atoms with Crippen LogP contribution in [0.15, 0.2) is 28.8 Å². The number of nitrogens with two attached hydrogens (primary N) is 1. The number of aryl methyl sites for hydroxylation is 1. The number of aromatic nitrogens is 2. The molecule has 0 radical (unpaired) electrons. The van der Waals surface area contributed by atoms with Crippen LogP contribution >= 0.6 is 0 Å². The molecule has 19 heavy (non-hydrogen) atoms. The summed E-state index contributed by atoms with van der Waals surface area (Å²) >= 11 is 0. The van der Waals surface area contributed by atoms with Crippen molar-refractivity contribution in [1.29, 1.82) is 0 Å². The lowest BCUT2D eigenvalue weighted by Crippen LogP contribution is -2.24. The smallest absolute Gasteiger partial charge is 0.241 e. The first kappa shape index (κ1) is 13.5. The lowest BCUT2D eigenvalue weighted by molar-refractivity contribution is 0.372. The topological polar surface area (TPSA) is 111 Å². The molecule has 1 aromatic carbocycles. The molecule has 8 heteroatoms. The zero-order chi connectivity index (χ0) is 13.9. The van der Waals surface area contributed by atoms with Gasteiger partial charge in [-0.3, -0.25) is 0 Å². The molecular formula is C11H14N4O3S. The highest BCUT2D eigenvalue weighted by molar-refractivity contribution is 7.88. The van der Waals surface area contributed by atoms with Gasteiger partial charge in [0.2, 0.25) is 15.9 Å². The van der Waals surface area contributed by atoms with Crippen LogP contribution in [-0.4, -0.2) is 18.6 Å². The van der Waals surface area contributed by atoms with E-state index in [4.69, 9.17) is 10.3 Å². The third kappa shape index (κ3) is 4.04. The van der Waals surface area contributed by atoms with Crippen LogP contribution in [0.3, 0.4) is 0 Å². The van der Waals surface area contributed by atoms with E-state index in [-0.39, 0.29) is 18.2 Å². The summed E-state index contributed by atoms with van der Waals surface area (Å²) in [4.78, 5) is 3.91. The van der Waals surface area contributed by atoms with Crippen molar-refractivity contribution >= 4 is 15.7 Å². The fourth-order valence-electron chi connectivity index (χ4n) is 1.47. The molecule has 0 saturated carbocycles. The van der Waals surface area contributed by atoms with Crippen molar-refractivity contribution in [2.24, 2.45) is 0 Å². The Balaban J connectivity index is 1.97. The highest BCUT2D eigenvalue weighted by Gasteiger charge is 2.13. The first-order chi connectivity index (χ1) is 8.94. The molecule has 7 nitrogen and oxygen atoms in total. The molecule has 0 atom stereocenters. The predicted molar refractivity (Wildman–Crippen MR) is 69.4 cm³/mol. The zero-order valence-corrected chi connectivity index (χ0v) is 11.1. The van der Waals surface area contributed by atoms with Crippen LogP contribution in [0.2, 0.25) is 0 Å². The van der Waals surface area contributed by atoms with Crippen molar-refractivity contribution in [3.05, 3.63) is 41.5 Å². The Morgan fingerprint density at radius 1 is 1.32 bits per heavy atom. The second-order valence-electron chi connectivity index (χ2n) is 4.06. The molecule has 0 unspecified atom stereocenters. The Bertz CT molecular complexity index is 649. The molecule has 0 aliphatic rings. The molecule has 0 spiro atoms. The van der Waals surface area contributed by atoms with Gasteiger partial charge in [0.25, 0.3) is 0 Å². The normalized spacial score (nSPS) is 11.6. The number of hydrogen-bond donors (Lipinski definition) is 2. The van der Waals surface area contributed by atoms with Crippen LogP contribution in [-0.2, 0) is 22.3 Å². The second kappa shape index (κ2) is 5.37. The van der Waals surface area contributed by atoms with E-state index in [0.717, 1.165) is 0 Å². The van der Waals surface area contributed by atoms with Gasteiger partial charge < -0.3 is 10.3 Å².